The summed E-state index contributed by atoms with van der Waals surface area (Å²) in [5.74, 6) is -2.06. The Balaban J connectivity index is 2.62. The first-order valence-electron chi connectivity index (χ1n) is 9.25. The Morgan fingerprint density at radius 2 is 1.23 bits per heavy atom. The monoisotopic (exact) mass is 446 g/mol. The largest absolute Gasteiger partial charge is 0.535 e. The van der Waals surface area contributed by atoms with Crippen molar-refractivity contribution in [3.63, 3.8) is 0 Å². The lowest BCUT2D eigenvalue weighted by Crippen LogP contribution is -2.65. The minimum atomic E-state index is -3.92. The van der Waals surface area contributed by atoms with Gasteiger partial charge in [0.25, 0.3) is 0 Å². The van der Waals surface area contributed by atoms with Gasteiger partial charge in [-0.05, 0) is 39.1 Å². The predicted octanol–water partition coefficient (Wildman–Crippen LogP) is 3.08. The van der Waals surface area contributed by atoms with Gasteiger partial charge in [-0.1, -0.05) is 54.1 Å². The van der Waals surface area contributed by atoms with Crippen molar-refractivity contribution in [1.82, 2.24) is 0 Å². The highest BCUT2D eigenvalue weighted by Gasteiger charge is 2.51. The van der Waals surface area contributed by atoms with Crippen LogP contribution in [-0.4, -0.2) is 33.7 Å². The molecule has 0 fully saturated rings. The fourth-order valence-corrected chi connectivity index (χ4v) is 5.55. The third kappa shape index (κ3) is 5.52. The van der Waals surface area contributed by atoms with E-state index in [1.165, 1.54) is 0 Å². The second-order valence-electron chi connectivity index (χ2n) is 5.98. The molecule has 30 heavy (non-hydrogen) atoms. The van der Waals surface area contributed by atoms with Crippen LogP contribution < -0.4 is 10.4 Å². The molecule has 0 atom stereocenters. The molecule has 6 nitrogen and oxygen atoms in total. The SMILES string of the molecule is C=C(OCC)C(=O)O[Si](OC(=O)C(=C)OCC)(c1ccccc1)c1ccc(Cl)cc1. The summed E-state index contributed by atoms with van der Waals surface area (Å²) in [5, 5.41) is 1.47. The minimum absolute atomic E-state index is 0.195. The van der Waals surface area contributed by atoms with E-state index < -0.39 is 20.5 Å². The molecule has 0 unspecified atom stereocenters. The summed E-state index contributed by atoms with van der Waals surface area (Å²) in [7, 11) is -3.92. The Morgan fingerprint density at radius 1 is 0.800 bits per heavy atom. The van der Waals surface area contributed by atoms with Crippen LogP contribution in [0.1, 0.15) is 13.8 Å². The van der Waals surface area contributed by atoms with E-state index in [1.807, 2.05) is 0 Å². The molecule has 158 valence electrons. The molecule has 0 saturated carbocycles. The van der Waals surface area contributed by atoms with Crippen LogP contribution >= 0.6 is 11.6 Å². The van der Waals surface area contributed by atoms with Gasteiger partial charge < -0.3 is 18.3 Å². The molecule has 0 amide bonds. The molecule has 0 radical (unpaired) electrons. The van der Waals surface area contributed by atoms with E-state index in [0.29, 0.717) is 15.4 Å². The van der Waals surface area contributed by atoms with Crippen LogP contribution in [0.4, 0.5) is 0 Å². The normalized spacial score (nSPS) is 10.6. The molecule has 2 rings (SSSR count). The Kier molecular flexibility index (Phi) is 8.26. The first-order chi connectivity index (χ1) is 14.3. The van der Waals surface area contributed by atoms with Crippen LogP contribution in [0.25, 0.3) is 0 Å². The van der Waals surface area contributed by atoms with Gasteiger partial charge >= 0.3 is 20.5 Å². The smallest absolute Gasteiger partial charge is 0.487 e. The van der Waals surface area contributed by atoms with E-state index in [4.69, 9.17) is 29.9 Å². The summed E-state index contributed by atoms with van der Waals surface area (Å²) in [6.07, 6.45) is 0. The molecular weight excluding hydrogens is 424 g/mol. The lowest BCUT2D eigenvalue weighted by atomic mass is 10.4. The molecule has 0 aromatic heterocycles. The van der Waals surface area contributed by atoms with E-state index in [2.05, 4.69) is 13.2 Å². The van der Waals surface area contributed by atoms with Crippen molar-refractivity contribution in [2.45, 2.75) is 13.8 Å². The molecule has 0 spiro atoms. The first-order valence-corrected chi connectivity index (χ1v) is 11.4. The van der Waals surface area contributed by atoms with E-state index in [0.717, 1.165) is 0 Å². The van der Waals surface area contributed by atoms with Crippen LogP contribution in [0.15, 0.2) is 79.3 Å². The first kappa shape index (κ1) is 23.2. The van der Waals surface area contributed by atoms with Gasteiger partial charge in [0, 0.05) is 15.4 Å². The Bertz CT molecular complexity index is 879. The molecule has 0 aliphatic heterocycles. The van der Waals surface area contributed by atoms with Crippen molar-refractivity contribution in [3.8, 4) is 0 Å². The lowest BCUT2D eigenvalue weighted by Gasteiger charge is -2.30. The number of carbonyl (C=O) groups is 2. The zero-order valence-electron chi connectivity index (χ0n) is 16.9. The van der Waals surface area contributed by atoms with E-state index in [-0.39, 0.29) is 24.7 Å². The molecule has 0 saturated heterocycles. The van der Waals surface area contributed by atoms with Gasteiger partial charge in [0.15, 0.2) is 11.5 Å². The van der Waals surface area contributed by atoms with Gasteiger partial charge in [-0.25, -0.2) is 9.59 Å². The maximum Gasteiger partial charge on any atom is 0.535 e. The minimum Gasteiger partial charge on any atom is -0.487 e. The third-order valence-corrected chi connectivity index (χ3v) is 7.33. The van der Waals surface area contributed by atoms with E-state index >= 15 is 0 Å². The quantitative estimate of drug-likeness (QED) is 0.317. The summed E-state index contributed by atoms with van der Waals surface area (Å²) in [4.78, 5) is 25.5. The molecule has 2 aromatic rings. The fourth-order valence-electron chi connectivity index (χ4n) is 2.59. The average Bonchev–Trinajstić information content (AvgIpc) is 2.74. The van der Waals surface area contributed by atoms with Crippen molar-refractivity contribution in [3.05, 3.63) is 84.3 Å². The number of hydrogen-bond donors (Lipinski definition) is 0. The molecule has 0 heterocycles. The maximum atomic E-state index is 12.8. The van der Waals surface area contributed by atoms with Gasteiger partial charge in [-0.2, -0.15) is 0 Å². The molecule has 0 N–H and O–H groups in total. The zero-order chi connectivity index (χ0) is 22.1. The van der Waals surface area contributed by atoms with Gasteiger partial charge in [0.05, 0.1) is 13.2 Å². The van der Waals surface area contributed by atoms with Crippen LogP contribution in [0.2, 0.25) is 5.02 Å². The summed E-state index contributed by atoms with van der Waals surface area (Å²) in [6, 6.07) is 15.3. The maximum absolute atomic E-state index is 12.8. The third-order valence-electron chi connectivity index (χ3n) is 3.94. The van der Waals surface area contributed by atoms with Gasteiger partial charge in [-0.3, -0.25) is 0 Å². The highest BCUT2D eigenvalue weighted by Crippen LogP contribution is 2.17. The fraction of sp³-hybridized carbons (Fsp3) is 0.182. The average molecular weight is 447 g/mol. The number of hydrogen-bond acceptors (Lipinski definition) is 6. The second kappa shape index (κ2) is 10.7. The standard InChI is InChI=1S/C22H23ClO6Si/c1-5-26-16(3)21(24)28-30(19-10-8-7-9-11-19,20-14-12-18(23)13-15-20)29-22(25)17(4)27-6-2/h7-15H,3-6H2,1-2H3. The molecule has 0 aliphatic rings. The zero-order valence-corrected chi connectivity index (χ0v) is 18.6. The molecule has 2 aromatic carbocycles. The number of rotatable bonds is 10. The lowest BCUT2D eigenvalue weighted by molar-refractivity contribution is -0.140. The number of benzene rings is 2. The molecular formula is C22H23ClO6Si. The van der Waals surface area contributed by atoms with Crippen molar-refractivity contribution in [2.24, 2.45) is 0 Å². The van der Waals surface area contributed by atoms with Crippen molar-refractivity contribution < 1.29 is 27.9 Å². The summed E-state index contributed by atoms with van der Waals surface area (Å²) in [5.41, 5.74) is 0. The number of ether oxygens (including phenoxy) is 2. The predicted molar refractivity (Wildman–Crippen MR) is 117 cm³/mol. The van der Waals surface area contributed by atoms with Gasteiger partial charge in [0.2, 0.25) is 0 Å². The van der Waals surface area contributed by atoms with E-state index in [1.54, 1.807) is 68.4 Å². The Labute approximate surface area is 181 Å². The van der Waals surface area contributed by atoms with Crippen LogP contribution in [0.3, 0.4) is 0 Å². The second-order valence-corrected chi connectivity index (χ2v) is 9.21. The summed E-state index contributed by atoms with van der Waals surface area (Å²) < 4.78 is 22.1. The van der Waals surface area contributed by atoms with Crippen molar-refractivity contribution in [1.29, 1.82) is 0 Å². The van der Waals surface area contributed by atoms with Crippen molar-refractivity contribution >= 4 is 42.5 Å². The topological polar surface area (TPSA) is 71.1 Å². The van der Waals surface area contributed by atoms with Crippen LogP contribution in [0, 0.1) is 0 Å². The highest BCUT2D eigenvalue weighted by atomic mass is 35.5. The van der Waals surface area contributed by atoms with Crippen LogP contribution in [0.5, 0.6) is 0 Å². The Morgan fingerprint density at radius 3 is 1.67 bits per heavy atom. The number of halogens is 1. The van der Waals surface area contributed by atoms with E-state index in [9.17, 15) is 9.59 Å². The molecule has 8 heteroatoms. The van der Waals surface area contributed by atoms with Crippen molar-refractivity contribution in [2.75, 3.05) is 13.2 Å². The summed E-state index contributed by atoms with van der Waals surface area (Å²) >= 11 is 6.03. The van der Waals surface area contributed by atoms with Gasteiger partial charge in [0.1, 0.15) is 0 Å². The molecule has 0 bridgehead atoms. The van der Waals surface area contributed by atoms with Gasteiger partial charge in [-0.15, -0.1) is 0 Å². The molecule has 0 aliphatic carbocycles. The number of carbonyl (C=O) groups excluding carboxylic acids is 2. The summed E-state index contributed by atoms with van der Waals surface area (Å²) in [6.45, 7) is 11.1. The van der Waals surface area contributed by atoms with Crippen LogP contribution in [-0.2, 0) is 27.9 Å². The highest BCUT2D eigenvalue weighted by molar-refractivity contribution is 6.94. The Hall–Kier alpha value is -3.03.